The van der Waals surface area contributed by atoms with Gasteiger partial charge in [-0.15, -0.1) is 0 Å². The highest BCUT2D eigenvalue weighted by Gasteiger charge is 2.26. The maximum Gasteiger partial charge on any atom is 0.247 e. The van der Waals surface area contributed by atoms with Gasteiger partial charge in [0.1, 0.15) is 17.3 Å². The molecule has 0 saturated carbocycles. The normalized spacial score (nSPS) is 21.0. The van der Waals surface area contributed by atoms with Gasteiger partial charge in [0, 0.05) is 13.1 Å². The molecule has 98 valence electrons. The molecule has 4 nitrogen and oxygen atoms in total. The molecular formula is C13H17NO3S. The second-order valence-corrected chi connectivity index (χ2v) is 6.09. The van der Waals surface area contributed by atoms with Crippen LogP contribution in [0.4, 0.5) is 0 Å². The van der Waals surface area contributed by atoms with Gasteiger partial charge in [-0.25, -0.2) is 8.42 Å². The SMILES string of the molecule is CCN1C/C=C\COc2cc(C)ccc2S1(=O)=O. The van der Waals surface area contributed by atoms with Crippen molar-refractivity contribution < 1.29 is 13.2 Å². The highest BCUT2D eigenvalue weighted by Crippen LogP contribution is 2.28. The summed E-state index contributed by atoms with van der Waals surface area (Å²) in [5, 5.41) is 0. The zero-order valence-electron chi connectivity index (χ0n) is 10.6. The summed E-state index contributed by atoms with van der Waals surface area (Å²) in [5.41, 5.74) is 0.982. The summed E-state index contributed by atoms with van der Waals surface area (Å²) in [6.07, 6.45) is 3.66. The van der Waals surface area contributed by atoms with Crippen LogP contribution >= 0.6 is 0 Å². The second-order valence-electron chi connectivity index (χ2n) is 4.19. The van der Waals surface area contributed by atoms with Crippen LogP contribution in [0, 0.1) is 6.92 Å². The number of hydrogen-bond acceptors (Lipinski definition) is 3. The van der Waals surface area contributed by atoms with E-state index in [2.05, 4.69) is 0 Å². The van der Waals surface area contributed by atoms with Gasteiger partial charge in [-0.05, 0) is 24.6 Å². The standard InChI is InChI=1S/C13H17NO3S/c1-3-14-8-4-5-9-17-12-10-11(2)6-7-13(12)18(14,15)16/h4-7,10H,3,8-9H2,1-2H3/b5-4-. The molecule has 0 saturated heterocycles. The van der Waals surface area contributed by atoms with Crippen molar-refractivity contribution in [3.05, 3.63) is 35.9 Å². The lowest BCUT2D eigenvalue weighted by Crippen LogP contribution is -2.31. The fourth-order valence-electron chi connectivity index (χ4n) is 1.88. The van der Waals surface area contributed by atoms with Crippen LogP contribution in [0.2, 0.25) is 0 Å². The van der Waals surface area contributed by atoms with Gasteiger partial charge in [0.05, 0.1) is 0 Å². The van der Waals surface area contributed by atoms with E-state index in [1.54, 1.807) is 18.2 Å². The van der Waals surface area contributed by atoms with Crippen LogP contribution in [-0.2, 0) is 10.0 Å². The van der Waals surface area contributed by atoms with Crippen LogP contribution in [0.5, 0.6) is 5.75 Å². The molecule has 0 bridgehead atoms. The third-order valence-corrected chi connectivity index (χ3v) is 4.86. The number of nitrogens with zero attached hydrogens (tertiary/aromatic N) is 1. The van der Waals surface area contributed by atoms with Gasteiger partial charge >= 0.3 is 0 Å². The lowest BCUT2D eigenvalue weighted by molar-refractivity contribution is 0.352. The molecule has 1 aliphatic heterocycles. The van der Waals surface area contributed by atoms with E-state index in [4.69, 9.17) is 4.74 Å². The van der Waals surface area contributed by atoms with E-state index in [9.17, 15) is 8.42 Å². The van der Waals surface area contributed by atoms with Crippen molar-refractivity contribution in [2.75, 3.05) is 19.7 Å². The van der Waals surface area contributed by atoms with Crippen LogP contribution in [0.3, 0.4) is 0 Å². The molecule has 0 aliphatic carbocycles. The monoisotopic (exact) mass is 267 g/mol. The number of fused-ring (bicyclic) bond motifs is 1. The van der Waals surface area contributed by atoms with Gasteiger partial charge in [-0.2, -0.15) is 4.31 Å². The summed E-state index contributed by atoms with van der Waals surface area (Å²) in [7, 11) is -3.48. The average molecular weight is 267 g/mol. The number of likely N-dealkylation sites (N-methyl/N-ethyl adjacent to an activating group) is 1. The molecule has 0 unspecified atom stereocenters. The molecule has 1 aromatic carbocycles. The summed E-state index contributed by atoms with van der Waals surface area (Å²) in [4.78, 5) is 0.249. The molecule has 0 spiro atoms. The Bertz CT molecular complexity index is 564. The fourth-order valence-corrected chi connectivity index (χ4v) is 3.39. The van der Waals surface area contributed by atoms with Crippen LogP contribution in [0.25, 0.3) is 0 Å². The highest BCUT2D eigenvalue weighted by atomic mass is 32.2. The minimum absolute atomic E-state index is 0.249. The number of ether oxygens (including phenoxy) is 1. The van der Waals surface area contributed by atoms with E-state index in [1.807, 2.05) is 26.0 Å². The highest BCUT2D eigenvalue weighted by molar-refractivity contribution is 7.89. The number of rotatable bonds is 1. The van der Waals surface area contributed by atoms with Crippen LogP contribution in [0.15, 0.2) is 35.2 Å². The van der Waals surface area contributed by atoms with Crippen molar-refractivity contribution in [2.24, 2.45) is 0 Å². The lowest BCUT2D eigenvalue weighted by atomic mass is 10.2. The summed E-state index contributed by atoms with van der Waals surface area (Å²) in [6, 6.07) is 5.17. The third kappa shape index (κ3) is 2.42. The van der Waals surface area contributed by atoms with Crippen LogP contribution in [0.1, 0.15) is 12.5 Å². The number of aryl methyl sites for hydroxylation is 1. The van der Waals surface area contributed by atoms with Crippen LogP contribution < -0.4 is 4.74 Å². The molecule has 0 aromatic heterocycles. The first kappa shape index (κ1) is 13.1. The molecule has 0 N–H and O–H groups in total. The average Bonchev–Trinajstić information content (AvgIpc) is 2.37. The fraction of sp³-hybridized carbons (Fsp3) is 0.385. The van der Waals surface area contributed by atoms with Crippen molar-refractivity contribution in [1.82, 2.24) is 4.31 Å². The van der Waals surface area contributed by atoms with E-state index < -0.39 is 10.0 Å². The van der Waals surface area contributed by atoms with Gasteiger partial charge in [0.15, 0.2) is 0 Å². The zero-order chi connectivity index (χ0) is 13.2. The number of hydrogen-bond donors (Lipinski definition) is 0. The predicted molar refractivity (Wildman–Crippen MR) is 70.2 cm³/mol. The Hall–Kier alpha value is -1.33. The quantitative estimate of drug-likeness (QED) is 0.731. The Kier molecular flexibility index (Phi) is 3.73. The Labute approximate surface area is 108 Å². The number of benzene rings is 1. The van der Waals surface area contributed by atoms with Gasteiger partial charge in [0.2, 0.25) is 10.0 Å². The van der Waals surface area contributed by atoms with Crippen LogP contribution in [-0.4, -0.2) is 32.4 Å². The topological polar surface area (TPSA) is 46.6 Å². The van der Waals surface area contributed by atoms with E-state index in [-0.39, 0.29) is 4.90 Å². The molecule has 0 amide bonds. The molecule has 5 heteroatoms. The first-order chi connectivity index (χ1) is 8.55. The minimum atomic E-state index is -3.48. The lowest BCUT2D eigenvalue weighted by Gasteiger charge is -2.19. The summed E-state index contributed by atoms with van der Waals surface area (Å²) >= 11 is 0. The smallest absolute Gasteiger partial charge is 0.247 e. The molecule has 1 aromatic rings. The van der Waals surface area contributed by atoms with E-state index in [0.29, 0.717) is 25.4 Å². The van der Waals surface area contributed by atoms with E-state index >= 15 is 0 Å². The van der Waals surface area contributed by atoms with Crippen molar-refractivity contribution in [2.45, 2.75) is 18.7 Å². The maximum absolute atomic E-state index is 12.5. The molecule has 2 rings (SSSR count). The van der Waals surface area contributed by atoms with E-state index in [1.165, 1.54) is 4.31 Å². The molecule has 0 radical (unpaired) electrons. The summed E-state index contributed by atoms with van der Waals surface area (Å²) in [5.74, 6) is 0.431. The van der Waals surface area contributed by atoms with Crippen molar-refractivity contribution >= 4 is 10.0 Å². The van der Waals surface area contributed by atoms with Crippen molar-refractivity contribution in [3.8, 4) is 5.75 Å². The Balaban J connectivity index is 2.59. The first-order valence-electron chi connectivity index (χ1n) is 5.94. The predicted octanol–water partition coefficient (Wildman–Crippen LogP) is 1.95. The molecular weight excluding hydrogens is 250 g/mol. The third-order valence-electron chi connectivity index (χ3n) is 2.88. The van der Waals surface area contributed by atoms with Gasteiger partial charge in [0.25, 0.3) is 0 Å². The molecule has 0 fully saturated rings. The molecule has 18 heavy (non-hydrogen) atoms. The summed E-state index contributed by atoms with van der Waals surface area (Å²) in [6.45, 7) is 4.97. The molecule has 0 atom stereocenters. The van der Waals surface area contributed by atoms with Crippen molar-refractivity contribution in [3.63, 3.8) is 0 Å². The maximum atomic E-state index is 12.5. The molecule has 1 heterocycles. The van der Waals surface area contributed by atoms with Gasteiger partial charge in [-0.3, -0.25) is 0 Å². The Morgan fingerprint density at radius 1 is 1.33 bits per heavy atom. The second kappa shape index (κ2) is 5.12. The largest absolute Gasteiger partial charge is 0.488 e. The van der Waals surface area contributed by atoms with Gasteiger partial charge < -0.3 is 4.74 Å². The van der Waals surface area contributed by atoms with Gasteiger partial charge in [-0.1, -0.05) is 25.1 Å². The first-order valence-corrected chi connectivity index (χ1v) is 7.38. The minimum Gasteiger partial charge on any atom is -0.488 e. The van der Waals surface area contributed by atoms with E-state index in [0.717, 1.165) is 5.56 Å². The summed E-state index contributed by atoms with van der Waals surface area (Å²) < 4.78 is 31.9. The Morgan fingerprint density at radius 2 is 2.11 bits per heavy atom. The van der Waals surface area contributed by atoms with Crippen molar-refractivity contribution in [1.29, 1.82) is 0 Å². The zero-order valence-corrected chi connectivity index (χ0v) is 11.4. The number of sulfonamides is 1. The molecule has 1 aliphatic rings. The Morgan fingerprint density at radius 3 is 2.83 bits per heavy atom.